The molecule has 1 rings (SSSR count). The number of aryl methyl sites for hydroxylation is 1. The Balaban J connectivity index is 1.93. The average molecular weight is 349 g/mol. The van der Waals surface area contributed by atoms with Crippen LogP contribution in [-0.4, -0.2) is 11.3 Å². The number of rotatable bonds is 15. The quantitative estimate of drug-likeness (QED) is 0.204. The molecule has 0 aliphatic heterocycles. The molecule has 3 heteroatoms. The van der Waals surface area contributed by atoms with Crippen molar-refractivity contribution in [3.8, 4) is 5.75 Å². The van der Waals surface area contributed by atoms with Crippen LogP contribution in [-0.2, 0) is 6.42 Å². The Labute approximate surface area is 153 Å². The molecule has 0 saturated carbocycles. The second-order valence-electron chi connectivity index (χ2n) is 7.01. The first kappa shape index (κ1) is 21.5. The van der Waals surface area contributed by atoms with Gasteiger partial charge in [0.2, 0.25) is 0 Å². The number of ether oxygens (including phenoxy) is 1. The highest BCUT2D eigenvalue weighted by atomic mass is 16.7. The largest absolute Gasteiger partial charge is 0.511 e. The van der Waals surface area contributed by atoms with Gasteiger partial charge in [-0.3, -0.25) is 0 Å². The summed E-state index contributed by atoms with van der Waals surface area (Å²) in [6.07, 6.45) is 17.4. The molecule has 0 aromatic heterocycles. The third-order valence-corrected chi connectivity index (χ3v) is 4.67. The van der Waals surface area contributed by atoms with Crippen molar-refractivity contribution in [2.75, 3.05) is 0 Å². The molecule has 1 aromatic rings. The minimum atomic E-state index is -1.25. The zero-order chi connectivity index (χ0) is 18.2. The summed E-state index contributed by atoms with van der Waals surface area (Å²) in [5, 5.41) is 8.63. The summed E-state index contributed by atoms with van der Waals surface area (Å²) in [6.45, 7) is 2.27. The number of hydrogen-bond donors (Lipinski definition) is 1. The van der Waals surface area contributed by atoms with Gasteiger partial charge in [0, 0.05) is 0 Å². The van der Waals surface area contributed by atoms with Crippen molar-refractivity contribution in [3.05, 3.63) is 29.8 Å². The Bertz CT molecular complexity index is 456. The molecule has 0 atom stereocenters. The van der Waals surface area contributed by atoms with Gasteiger partial charge in [0.25, 0.3) is 0 Å². The van der Waals surface area contributed by atoms with Crippen molar-refractivity contribution in [2.24, 2.45) is 0 Å². The minimum absolute atomic E-state index is 0.416. The molecule has 0 heterocycles. The van der Waals surface area contributed by atoms with E-state index in [4.69, 9.17) is 9.84 Å². The first-order valence-electron chi connectivity index (χ1n) is 10.2. The van der Waals surface area contributed by atoms with Crippen molar-refractivity contribution >= 4 is 6.16 Å². The molecule has 25 heavy (non-hydrogen) atoms. The topological polar surface area (TPSA) is 46.5 Å². The van der Waals surface area contributed by atoms with Crippen molar-refractivity contribution in [2.45, 2.75) is 96.8 Å². The Morgan fingerprint density at radius 3 is 1.88 bits per heavy atom. The van der Waals surface area contributed by atoms with E-state index in [1.165, 1.54) is 77.0 Å². The molecule has 0 fully saturated rings. The van der Waals surface area contributed by atoms with E-state index in [2.05, 4.69) is 6.92 Å². The maximum absolute atomic E-state index is 10.5. The molecule has 0 spiro atoms. The van der Waals surface area contributed by atoms with Crippen molar-refractivity contribution in [3.63, 3.8) is 0 Å². The van der Waals surface area contributed by atoms with Gasteiger partial charge in [-0.15, -0.1) is 0 Å². The van der Waals surface area contributed by atoms with Crippen LogP contribution in [0, 0.1) is 0 Å². The molecule has 0 radical (unpaired) electrons. The maximum Gasteiger partial charge on any atom is 0.511 e. The Kier molecular flexibility index (Phi) is 12.7. The van der Waals surface area contributed by atoms with Gasteiger partial charge in [0.05, 0.1) is 0 Å². The molecule has 142 valence electrons. The smallest absolute Gasteiger partial charge is 0.449 e. The van der Waals surface area contributed by atoms with Crippen LogP contribution in [0.5, 0.6) is 5.75 Å². The molecule has 0 amide bonds. The third-order valence-electron chi connectivity index (χ3n) is 4.67. The molecule has 1 aromatic carbocycles. The lowest BCUT2D eigenvalue weighted by atomic mass is 10.0. The Morgan fingerprint density at radius 1 is 0.840 bits per heavy atom. The number of unbranched alkanes of at least 4 members (excludes halogenated alkanes) is 12. The average Bonchev–Trinajstić information content (AvgIpc) is 2.59. The number of benzene rings is 1. The van der Waals surface area contributed by atoms with E-state index in [0.29, 0.717) is 5.75 Å². The highest BCUT2D eigenvalue weighted by Crippen LogP contribution is 2.17. The first-order valence-corrected chi connectivity index (χ1v) is 10.2. The Hall–Kier alpha value is -1.51. The standard InChI is InChI=1S/C22H36O3/c1-2-3-4-5-6-7-8-9-10-11-12-13-14-16-20-17-15-18-21(19-20)25-22(23)24/h15,17-19H,2-14,16H2,1H3,(H,23,24). The van der Waals surface area contributed by atoms with Gasteiger partial charge in [-0.2, -0.15) is 0 Å². The highest BCUT2D eigenvalue weighted by Gasteiger charge is 2.02. The summed E-state index contributed by atoms with van der Waals surface area (Å²) in [7, 11) is 0. The molecule has 1 N–H and O–H groups in total. The van der Waals surface area contributed by atoms with Crippen LogP contribution < -0.4 is 4.74 Å². The second-order valence-corrected chi connectivity index (χ2v) is 7.01. The zero-order valence-electron chi connectivity index (χ0n) is 16.0. The van der Waals surface area contributed by atoms with Crippen LogP contribution >= 0.6 is 0 Å². The van der Waals surface area contributed by atoms with Gasteiger partial charge in [-0.05, 0) is 30.5 Å². The summed E-state index contributed by atoms with van der Waals surface area (Å²) >= 11 is 0. The molecule has 0 aliphatic rings. The van der Waals surface area contributed by atoms with Crippen LogP contribution in [0.1, 0.15) is 96.0 Å². The summed E-state index contributed by atoms with van der Waals surface area (Å²) in [5.74, 6) is 0.416. The van der Waals surface area contributed by atoms with E-state index in [0.717, 1.165) is 18.4 Å². The lowest BCUT2D eigenvalue weighted by molar-refractivity contribution is 0.144. The number of hydrogen-bond acceptors (Lipinski definition) is 2. The van der Waals surface area contributed by atoms with Crippen LogP contribution in [0.25, 0.3) is 0 Å². The summed E-state index contributed by atoms with van der Waals surface area (Å²) in [4.78, 5) is 10.5. The molecular formula is C22H36O3. The summed E-state index contributed by atoms with van der Waals surface area (Å²) < 4.78 is 4.69. The SMILES string of the molecule is CCCCCCCCCCCCCCCc1cccc(OC(=O)O)c1. The molecule has 0 bridgehead atoms. The monoisotopic (exact) mass is 348 g/mol. The van der Waals surface area contributed by atoms with Gasteiger partial charge in [0.1, 0.15) is 5.75 Å². The molecule has 3 nitrogen and oxygen atoms in total. The van der Waals surface area contributed by atoms with Crippen LogP contribution in [0.4, 0.5) is 4.79 Å². The van der Waals surface area contributed by atoms with E-state index in [9.17, 15) is 4.79 Å². The fourth-order valence-electron chi connectivity index (χ4n) is 3.21. The van der Waals surface area contributed by atoms with Crippen molar-refractivity contribution < 1.29 is 14.6 Å². The van der Waals surface area contributed by atoms with Crippen LogP contribution in [0.3, 0.4) is 0 Å². The maximum atomic E-state index is 10.5. The summed E-state index contributed by atoms with van der Waals surface area (Å²) in [6, 6.07) is 7.40. The fraction of sp³-hybridized carbons (Fsp3) is 0.682. The predicted octanol–water partition coefficient (Wildman–Crippen LogP) is 7.38. The number of carboxylic acid groups (broad SMARTS) is 1. The normalized spacial score (nSPS) is 10.8. The molecular weight excluding hydrogens is 312 g/mol. The van der Waals surface area contributed by atoms with E-state index < -0.39 is 6.16 Å². The van der Waals surface area contributed by atoms with Crippen LogP contribution in [0.15, 0.2) is 24.3 Å². The van der Waals surface area contributed by atoms with Gasteiger partial charge in [0.15, 0.2) is 0 Å². The fourth-order valence-corrected chi connectivity index (χ4v) is 3.21. The van der Waals surface area contributed by atoms with E-state index in [1.54, 1.807) is 6.07 Å². The minimum Gasteiger partial charge on any atom is -0.449 e. The lowest BCUT2D eigenvalue weighted by Gasteiger charge is -2.05. The third kappa shape index (κ3) is 12.5. The molecule has 0 unspecified atom stereocenters. The van der Waals surface area contributed by atoms with E-state index in [1.807, 2.05) is 18.2 Å². The molecule has 0 aliphatic carbocycles. The Morgan fingerprint density at radius 2 is 1.36 bits per heavy atom. The van der Waals surface area contributed by atoms with Crippen molar-refractivity contribution in [1.29, 1.82) is 0 Å². The van der Waals surface area contributed by atoms with Gasteiger partial charge < -0.3 is 9.84 Å². The first-order chi connectivity index (χ1) is 12.2. The van der Waals surface area contributed by atoms with Gasteiger partial charge in [-0.25, -0.2) is 4.79 Å². The van der Waals surface area contributed by atoms with E-state index >= 15 is 0 Å². The van der Waals surface area contributed by atoms with Gasteiger partial charge in [-0.1, -0.05) is 96.1 Å². The van der Waals surface area contributed by atoms with Gasteiger partial charge >= 0.3 is 6.16 Å². The number of carbonyl (C=O) groups is 1. The molecule has 0 saturated heterocycles. The van der Waals surface area contributed by atoms with Crippen LogP contribution in [0.2, 0.25) is 0 Å². The van der Waals surface area contributed by atoms with Crippen molar-refractivity contribution in [1.82, 2.24) is 0 Å². The zero-order valence-corrected chi connectivity index (χ0v) is 16.0. The summed E-state index contributed by atoms with van der Waals surface area (Å²) in [5.41, 5.74) is 1.15. The lowest BCUT2D eigenvalue weighted by Crippen LogP contribution is -2.03. The highest BCUT2D eigenvalue weighted by molar-refractivity contribution is 5.61. The second kappa shape index (κ2) is 14.8. The predicted molar refractivity (Wildman–Crippen MR) is 104 cm³/mol. The van der Waals surface area contributed by atoms with E-state index in [-0.39, 0.29) is 0 Å².